The molecule has 1 aromatic rings. The van der Waals surface area contributed by atoms with Gasteiger partial charge < -0.3 is 4.90 Å². The van der Waals surface area contributed by atoms with Crippen molar-refractivity contribution >= 4 is 39.1 Å². The highest BCUT2D eigenvalue weighted by molar-refractivity contribution is 7.89. The van der Waals surface area contributed by atoms with Crippen molar-refractivity contribution in [3.05, 3.63) is 40.4 Å². The van der Waals surface area contributed by atoms with Gasteiger partial charge in [-0.1, -0.05) is 35.4 Å². The van der Waals surface area contributed by atoms with Crippen molar-refractivity contribution in [2.24, 2.45) is 5.92 Å². The van der Waals surface area contributed by atoms with Crippen LogP contribution in [0.4, 0.5) is 0 Å². The lowest BCUT2D eigenvalue weighted by Gasteiger charge is -2.34. The van der Waals surface area contributed by atoms with Crippen molar-refractivity contribution < 1.29 is 13.2 Å². The summed E-state index contributed by atoms with van der Waals surface area (Å²) in [6.45, 7) is 1.31. The third-order valence-electron chi connectivity index (χ3n) is 4.65. The summed E-state index contributed by atoms with van der Waals surface area (Å²) in [5, 5.41) is 0.470. The molecule has 25 heavy (non-hydrogen) atoms. The van der Waals surface area contributed by atoms with Crippen LogP contribution < -0.4 is 0 Å². The summed E-state index contributed by atoms with van der Waals surface area (Å²) in [6.07, 6.45) is 6.76. The maximum atomic E-state index is 12.8. The monoisotopic (exact) mass is 402 g/mol. The van der Waals surface area contributed by atoms with Crippen LogP contribution in [0.5, 0.6) is 0 Å². The van der Waals surface area contributed by atoms with E-state index in [0.29, 0.717) is 30.5 Å². The number of amides is 1. The predicted octanol–water partition coefficient (Wildman–Crippen LogP) is 3.18. The van der Waals surface area contributed by atoms with Gasteiger partial charge in [0, 0.05) is 37.6 Å². The molecule has 5 nitrogen and oxygen atoms in total. The Morgan fingerprint density at radius 3 is 2.52 bits per heavy atom. The first-order valence-electron chi connectivity index (χ1n) is 8.27. The van der Waals surface area contributed by atoms with Crippen LogP contribution in [-0.2, 0) is 14.8 Å². The highest BCUT2D eigenvalue weighted by Crippen LogP contribution is 2.28. The van der Waals surface area contributed by atoms with Crippen LogP contribution in [0.25, 0.3) is 0 Å². The number of hydrogen-bond acceptors (Lipinski definition) is 3. The Morgan fingerprint density at radius 1 is 1.16 bits per heavy atom. The highest BCUT2D eigenvalue weighted by Gasteiger charge is 2.32. The van der Waals surface area contributed by atoms with E-state index in [9.17, 15) is 13.2 Å². The Hall–Kier alpha value is -1.08. The van der Waals surface area contributed by atoms with Crippen LogP contribution in [0, 0.1) is 5.92 Å². The van der Waals surface area contributed by atoms with Gasteiger partial charge in [0.05, 0.1) is 5.02 Å². The lowest BCUT2D eigenvalue weighted by atomic mass is 10.0. The normalized spacial score (nSPS) is 21.7. The van der Waals surface area contributed by atoms with E-state index in [1.807, 2.05) is 0 Å². The number of rotatable bonds is 4. The van der Waals surface area contributed by atoms with Crippen LogP contribution in [0.2, 0.25) is 10.0 Å². The van der Waals surface area contributed by atoms with Gasteiger partial charge in [-0.05, 0) is 37.0 Å². The van der Waals surface area contributed by atoms with Crippen LogP contribution in [0.1, 0.15) is 19.3 Å². The van der Waals surface area contributed by atoms with E-state index in [-0.39, 0.29) is 28.9 Å². The molecule has 8 heteroatoms. The van der Waals surface area contributed by atoms with Crippen molar-refractivity contribution in [1.82, 2.24) is 9.21 Å². The summed E-state index contributed by atoms with van der Waals surface area (Å²) >= 11 is 11.9. The summed E-state index contributed by atoms with van der Waals surface area (Å²) < 4.78 is 26.9. The Kier molecular flexibility index (Phi) is 5.73. The second kappa shape index (κ2) is 7.66. The van der Waals surface area contributed by atoms with E-state index >= 15 is 0 Å². The topological polar surface area (TPSA) is 57.7 Å². The second-order valence-corrected chi connectivity index (χ2v) is 9.08. The van der Waals surface area contributed by atoms with Gasteiger partial charge in [0.15, 0.2) is 0 Å². The third-order valence-corrected chi connectivity index (χ3v) is 7.27. The number of carbonyl (C=O) groups excluding carboxylic acids is 1. The minimum absolute atomic E-state index is 0.0116. The first kappa shape index (κ1) is 18.7. The fourth-order valence-electron chi connectivity index (χ4n) is 3.21. The molecule has 1 saturated heterocycles. The standard InChI is InChI=1S/C17H20Cl2N2O3S/c18-14-5-6-15(19)16(12-14)25(23,24)21-9-7-20(8-10-21)17(22)11-13-3-1-2-4-13/h1,3,5-6,12-13H,2,4,7-11H2/t13-/m0/s1. The molecule has 0 saturated carbocycles. The number of nitrogens with zero attached hydrogens (tertiary/aromatic N) is 2. The summed E-state index contributed by atoms with van der Waals surface area (Å²) in [7, 11) is -3.72. The van der Waals surface area contributed by atoms with Gasteiger partial charge in [-0.15, -0.1) is 0 Å². The Bertz CT molecular complexity index is 787. The second-order valence-electron chi connectivity index (χ2n) is 6.33. The quantitative estimate of drug-likeness (QED) is 0.726. The minimum Gasteiger partial charge on any atom is -0.340 e. The van der Waals surface area contributed by atoms with Crippen molar-refractivity contribution in [3.63, 3.8) is 0 Å². The fraction of sp³-hybridized carbons (Fsp3) is 0.471. The van der Waals surface area contributed by atoms with Crippen LogP contribution >= 0.6 is 23.2 Å². The molecule has 136 valence electrons. The van der Waals surface area contributed by atoms with E-state index in [0.717, 1.165) is 12.8 Å². The molecule has 1 atom stereocenters. The first-order valence-corrected chi connectivity index (χ1v) is 10.5. The van der Waals surface area contributed by atoms with Crippen LogP contribution in [0.15, 0.2) is 35.2 Å². The number of piperazine rings is 1. The van der Waals surface area contributed by atoms with Gasteiger partial charge in [0.25, 0.3) is 0 Å². The van der Waals surface area contributed by atoms with E-state index in [2.05, 4.69) is 12.2 Å². The first-order chi connectivity index (χ1) is 11.9. The van der Waals surface area contributed by atoms with Gasteiger partial charge >= 0.3 is 0 Å². The summed E-state index contributed by atoms with van der Waals surface area (Å²) in [5.74, 6) is 0.411. The molecular weight excluding hydrogens is 383 g/mol. The highest BCUT2D eigenvalue weighted by atomic mass is 35.5. The van der Waals surface area contributed by atoms with E-state index < -0.39 is 10.0 Å². The molecule has 3 rings (SSSR count). The van der Waals surface area contributed by atoms with E-state index in [4.69, 9.17) is 23.2 Å². The number of halogens is 2. The minimum atomic E-state index is -3.72. The van der Waals surface area contributed by atoms with Crippen molar-refractivity contribution in [3.8, 4) is 0 Å². The van der Waals surface area contributed by atoms with Gasteiger partial charge in [-0.25, -0.2) is 8.42 Å². The average molecular weight is 403 g/mol. The third kappa shape index (κ3) is 4.19. The molecule has 0 bridgehead atoms. The molecule has 0 N–H and O–H groups in total. The fourth-order valence-corrected chi connectivity index (χ4v) is 5.37. The lowest BCUT2D eigenvalue weighted by Crippen LogP contribution is -2.50. The number of allylic oxidation sites excluding steroid dienone is 2. The summed E-state index contributed by atoms with van der Waals surface area (Å²) in [4.78, 5) is 14.1. The molecule has 2 aliphatic rings. The number of carbonyl (C=O) groups is 1. The molecule has 0 unspecified atom stereocenters. The Labute approximate surface area is 158 Å². The molecule has 0 radical (unpaired) electrons. The molecule has 1 heterocycles. The molecular formula is C17H20Cl2N2O3S. The number of sulfonamides is 1. The van der Waals surface area contributed by atoms with Gasteiger partial charge in [0.2, 0.25) is 15.9 Å². The number of hydrogen-bond donors (Lipinski definition) is 0. The zero-order valence-electron chi connectivity index (χ0n) is 13.7. The van der Waals surface area contributed by atoms with Crippen molar-refractivity contribution in [1.29, 1.82) is 0 Å². The zero-order valence-corrected chi connectivity index (χ0v) is 16.0. The molecule has 1 fully saturated rings. The molecule has 0 aromatic heterocycles. The summed E-state index contributed by atoms with van der Waals surface area (Å²) in [6, 6.07) is 4.39. The number of benzene rings is 1. The van der Waals surface area contributed by atoms with Crippen molar-refractivity contribution in [2.45, 2.75) is 24.2 Å². The lowest BCUT2D eigenvalue weighted by molar-refractivity contribution is -0.133. The van der Waals surface area contributed by atoms with Gasteiger partial charge in [-0.2, -0.15) is 4.31 Å². The molecule has 1 amide bonds. The molecule has 1 aliphatic carbocycles. The molecule has 1 aliphatic heterocycles. The van der Waals surface area contributed by atoms with Crippen molar-refractivity contribution in [2.75, 3.05) is 26.2 Å². The molecule has 0 spiro atoms. The SMILES string of the molecule is O=C(C[C@H]1C=CCC1)N1CCN(S(=O)(=O)c2cc(Cl)ccc2Cl)CC1. The van der Waals surface area contributed by atoms with E-state index in [1.165, 1.54) is 16.4 Å². The molecule has 1 aromatic carbocycles. The maximum absolute atomic E-state index is 12.8. The Morgan fingerprint density at radius 2 is 1.88 bits per heavy atom. The average Bonchev–Trinajstić information content (AvgIpc) is 3.10. The predicted molar refractivity (Wildman–Crippen MR) is 98.3 cm³/mol. The Balaban J connectivity index is 1.64. The van der Waals surface area contributed by atoms with Crippen LogP contribution in [0.3, 0.4) is 0 Å². The van der Waals surface area contributed by atoms with E-state index in [1.54, 1.807) is 11.0 Å². The smallest absolute Gasteiger partial charge is 0.244 e. The maximum Gasteiger partial charge on any atom is 0.244 e. The van der Waals surface area contributed by atoms with Gasteiger partial charge in [-0.3, -0.25) is 4.79 Å². The summed E-state index contributed by atoms with van der Waals surface area (Å²) in [5.41, 5.74) is 0. The largest absolute Gasteiger partial charge is 0.340 e. The van der Waals surface area contributed by atoms with Gasteiger partial charge in [0.1, 0.15) is 4.90 Å². The zero-order chi connectivity index (χ0) is 18.0. The van der Waals surface area contributed by atoms with Crippen LogP contribution in [-0.4, -0.2) is 49.7 Å².